The Balaban J connectivity index is 0. The van der Waals surface area contributed by atoms with Crippen LogP contribution in [0.3, 0.4) is 0 Å². The third-order valence-electron chi connectivity index (χ3n) is 1.88. The van der Waals surface area contributed by atoms with Gasteiger partial charge in [0.2, 0.25) is 5.91 Å². The third-order valence-corrected chi connectivity index (χ3v) is 2.95. The number of rotatable bonds is 4. The van der Waals surface area contributed by atoms with Crippen LogP contribution in [0.5, 0.6) is 0 Å². The maximum absolute atomic E-state index is 11.1. The second-order valence-corrected chi connectivity index (χ2v) is 4.35. The van der Waals surface area contributed by atoms with E-state index in [0.29, 0.717) is 19.5 Å². The average molecular weight is 286 g/mol. The van der Waals surface area contributed by atoms with E-state index in [2.05, 4.69) is 10.3 Å². The number of hydrogen-bond acceptors (Lipinski definition) is 4. The van der Waals surface area contributed by atoms with Crippen molar-refractivity contribution in [3.63, 3.8) is 0 Å². The molecule has 0 radical (unpaired) electrons. The van der Waals surface area contributed by atoms with Gasteiger partial charge in [-0.2, -0.15) is 0 Å². The monoisotopic (exact) mass is 285 g/mol. The van der Waals surface area contributed by atoms with Crippen molar-refractivity contribution in [3.05, 3.63) is 15.6 Å². The van der Waals surface area contributed by atoms with Crippen LogP contribution < -0.4 is 11.1 Å². The minimum Gasteiger partial charge on any atom is -0.350 e. The van der Waals surface area contributed by atoms with Crippen molar-refractivity contribution in [3.8, 4) is 0 Å². The van der Waals surface area contributed by atoms with Crippen molar-refractivity contribution in [2.45, 2.75) is 26.8 Å². The number of amides is 1. The summed E-state index contributed by atoms with van der Waals surface area (Å²) in [7, 11) is 0. The highest BCUT2D eigenvalue weighted by molar-refractivity contribution is 7.11. The van der Waals surface area contributed by atoms with Gasteiger partial charge in [0.25, 0.3) is 0 Å². The van der Waals surface area contributed by atoms with Crippen LogP contribution in [-0.2, 0) is 11.3 Å². The molecule has 0 fully saturated rings. The Labute approximate surface area is 112 Å². The standard InChI is InChI=1S/C9H15N3OS.2ClH/c1-6-7(2)14-9(12-6)5-11-8(13)3-4-10;;/h3-5,10H2,1-2H3,(H,11,13);2*1H. The van der Waals surface area contributed by atoms with Gasteiger partial charge in [-0.15, -0.1) is 36.2 Å². The van der Waals surface area contributed by atoms with Gasteiger partial charge in [-0.1, -0.05) is 0 Å². The van der Waals surface area contributed by atoms with Crippen LogP contribution in [-0.4, -0.2) is 17.4 Å². The van der Waals surface area contributed by atoms with Gasteiger partial charge in [-0.3, -0.25) is 4.79 Å². The number of halogens is 2. The van der Waals surface area contributed by atoms with Gasteiger partial charge in [-0.25, -0.2) is 4.98 Å². The van der Waals surface area contributed by atoms with Crippen LogP contribution in [0.4, 0.5) is 0 Å². The average Bonchev–Trinajstić information content (AvgIpc) is 2.44. The highest BCUT2D eigenvalue weighted by atomic mass is 35.5. The zero-order valence-electron chi connectivity index (χ0n) is 9.28. The molecule has 4 nitrogen and oxygen atoms in total. The number of nitrogens with two attached hydrogens (primary N) is 1. The maximum atomic E-state index is 11.1. The van der Waals surface area contributed by atoms with Crippen molar-refractivity contribution in [1.29, 1.82) is 0 Å². The van der Waals surface area contributed by atoms with Crippen LogP contribution >= 0.6 is 36.2 Å². The van der Waals surface area contributed by atoms with Crippen molar-refractivity contribution in [2.24, 2.45) is 5.73 Å². The Morgan fingerprint density at radius 1 is 1.44 bits per heavy atom. The molecule has 16 heavy (non-hydrogen) atoms. The molecule has 0 bridgehead atoms. The number of nitrogens with one attached hydrogen (secondary N) is 1. The first-order valence-electron chi connectivity index (χ1n) is 4.53. The van der Waals surface area contributed by atoms with Crippen LogP contribution in [0.2, 0.25) is 0 Å². The Morgan fingerprint density at radius 3 is 2.50 bits per heavy atom. The number of aromatic nitrogens is 1. The van der Waals surface area contributed by atoms with Gasteiger partial charge in [0.1, 0.15) is 5.01 Å². The van der Waals surface area contributed by atoms with Crippen LogP contribution in [0.25, 0.3) is 0 Å². The number of hydrogen-bond donors (Lipinski definition) is 2. The summed E-state index contributed by atoms with van der Waals surface area (Å²) in [4.78, 5) is 16.6. The summed E-state index contributed by atoms with van der Waals surface area (Å²) in [5, 5.41) is 3.72. The van der Waals surface area contributed by atoms with Crippen molar-refractivity contribution in [2.75, 3.05) is 6.54 Å². The van der Waals surface area contributed by atoms with Gasteiger partial charge in [0.05, 0.1) is 12.2 Å². The van der Waals surface area contributed by atoms with E-state index in [9.17, 15) is 4.79 Å². The van der Waals surface area contributed by atoms with Crippen molar-refractivity contribution in [1.82, 2.24) is 10.3 Å². The maximum Gasteiger partial charge on any atom is 0.221 e. The predicted octanol–water partition coefficient (Wildman–Crippen LogP) is 1.57. The molecule has 0 spiro atoms. The fourth-order valence-electron chi connectivity index (χ4n) is 1.01. The summed E-state index contributed by atoms with van der Waals surface area (Å²) in [6.07, 6.45) is 0.378. The lowest BCUT2D eigenvalue weighted by molar-refractivity contribution is -0.121. The molecule has 0 aliphatic rings. The van der Waals surface area contributed by atoms with Crippen LogP contribution in [0.1, 0.15) is 22.0 Å². The SMILES string of the molecule is Cc1nc(CNC(=O)CCN)sc1C.Cl.Cl. The van der Waals surface area contributed by atoms with E-state index in [1.54, 1.807) is 11.3 Å². The smallest absolute Gasteiger partial charge is 0.221 e. The summed E-state index contributed by atoms with van der Waals surface area (Å²) >= 11 is 1.62. The Hall–Kier alpha value is -0.360. The molecule has 0 unspecified atom stereocenters. The zero-order chi connectivity index (χ0) is 10.6. The zero-order valence-corrected chi connectivity index (χ0v) is 11.7. The molecule has 94 valence electrons. The first kappa shape index (κ1) is 18.0. The fraction of sp³-hybridized carbons (Fsp3) is 0.556. The molecule has 0 atom stereocenters. The Bertz CT molecular complexity index is 311. The molecule has 1 aromatic rings. The first-order valence-corrected chi connectivity index (χ1v) is 5.34. The highest BCUT2D eigenvalue weighted by Crippen LogP contribution is 2.15. The molecule has 1 heterocycles. The molecule has 0 aliphatic carbocycles. The van der Waals surface area contributed by atoms with Gasteiger partial charge >= 0.3 is 0 Å². The summed E-state index contributed by atoms with van der Waals surface area (Å²) in [6, 6.07) is 0. The molecule has 0 saturated heterocycles. The van der Waals surface area contributed by atoms with E-state index in [4.69, 9.17) is 5.73 Å². The summed E-state index contributed by atoms with van der Waals surface area (Å²) in [5.74, 6) is -0.0157. The lowest BCUT2D eigenvalue weighted by Gasteiger charge is -2.00. The minimum absolute atomic E-state index is 0. The van der Waals surface area contributed by atoms with E-state index in [-0.39, 0.29) is 30.7 Å². The number of carbonyl (C=O) groups is 1. The van der Waals surface area contributed by atoms with Gasteiger partial charge in [-0.05, 0) is 13.8 Å². The molecule has 0 saturated carbocycles. The normalized spacial score (nSPS) is 8.94. The second-order valence-electron chi connectivity index (χ2n) is 3.06. The van der Waals surface area contributed by atoms with Gasteiger partial charge in [0.15, 0.2) is 0 Å². The Morgan fingerprint density at radius 2 is 2.06 bits per heavy atom. The minimum atomic E-state index is -0.0157. The van der Waals surface area contributed by atoms with E-state index in [1.807, 2.05) is 13.8 Å². The molecule has 7 heteroatoms. The number of aryl methyl sites for hydroxylation is 2. The summed E-state index contributed by atoms with van der Waals surface area (Å²) < 4.78 is 0. The largest absolute Gasteiger partial charge is 0.350 e. The number of carbonyl (C=O) groups excluding carboxylic acids is 1. The molecule has 3 N–H and O–H groups in total. The topological polar surface area (TPSA) is 68.0 Å². The third kappa shape index (κ3) is 5.65. The molecular weight excluding hydrogens is 269 g/mol. The molecule has 0 aromatic carbocycles. The number of thiazole rings is 1. The molecule has 0 aliphatic heterocycles. The quantitative estimate of drug-likeness (QED) is 0.882. The second kappa shape index (κ2) is 8.75. The lowest BCUT2D eigenvalue weighted by Crippen LogP contribution is -2.24. The number of nitrogens with zero attached hydrogens (tertiary/aromatic N) is 1. The highest BCUT2D eigenvalue weighted by Gasteiger charge is 2.04. The summed E-state index contributed by atoms with van der Waals surface area (Å²) in [6.45, 7) is 4.90. The van der Waals surface area contributed by atoms with Crippen LogP contribution in [0.15, 0.2) is 0 Å². The summed E-state index contributed by atoms with van der Waals surface area (Å²) in [5.41, 5.74) is 6.29. The lowest BCUT2D eigenvalue weighted by atomic mass is 10.4. The van der Waals surface area contributed by atoms with E-state index in [0.717, 1.165) is 10.7 Å². The molecular formula is C9H17Cl2N3OS. The molecule has 1 aromatic heterocycles. The van der Waals surface area contributed by atoms with E-state index in [1.165, 1.54) is 4.88 Å². The predicted molar refractivity (Wildman–Crippen MR) is 71.6 cm³/mol. The molecule has 1 amide bonds. The van der Waals surface area contributed by atoms with Crippen molar-refractivity contribution >= 4 is 42.1 Å². The first-order chi connectivity index (χ1) is 6.63. The van der Waals surface area contributed by atoms with E-state index >= 15 is 0 Å². The fourth-order valence-corrected chi connectivity index (χ4v) is 1.88. The molecule has 1 rings (SSSR count). The van der Waals surface area contributed by atoms with Crippen molar-refractivity contribution < 1.29 is 4.79 Å². The van der Waals surface area contributed by atoms with Gasteiger partial charge in [0, 0.05) is 17.8 Å². The van der Waals surface area contributed by atoms with Gasteiger partial charge < -0.3 is 11.1 Å². The Kier molecular flexibility index (Phi) is 9.86. The van der Waals surface area contributed by atoms with Crippen LogP contribution in [0, 0.1) is 13.8 Å². The van der Waals surface area contributed by atoms with E-state index < -0.39 is 0 Å².